The van der Waals surface area contributed by atoms with E-state index in [0.717, 1.165) is 12.8 Å². The van der Waals surface area contributed by atoms with Crippen LogP contribution in [0.4, 0.5) is 13.2 Å². The number of aromatic nitrogens is 3. The van der Waals surface area contributed by atoms with E-state index in [1.165, 1.54) is 36.5 Å². The molecule has 2 N–H and O–H groups in total. The summed E-state index contributed by atoms with van der Waals surface area (Å²) in [5.41, 5.74) is 1.75. The van der Waals surface area contributed by atoms with Crippen molar-refractivity contribution >= 4 is 22.8 Å². The molecule has 0 unspecified atom stereocenters. The number of likely N-dealkylation sites (tertiary alicyclic amines) is 1. The molecule has 38 heavy (non-hydrogen) atoms. The first-order chi connectivity index (χ1) is 18.3. The van der Waals surface area contributed by atoms with Crippen LogP contribution < -0.4 is 10.1 Å². The zero-order valence-electron chi connectivity index (χ0n) is 21.0. The van der Waals surface area contributed by atoms with Crippen molar-refractivity contribution < 1.29 is 32.2 Å². The van der Waals surface area contributed by atoms with E-state index >= 15 is 0 Å². The molecule has 3 heterocycles. The maximum absolute atomic E-state index is 14.7. The number of methoxy groups -OCH3 is 1. The number of benzene rings is 1. The van der Waals surface area contributed by atoms with Gasteiger partial charge in [-0.15, -0.1) is 0 Å². The minimum absolute atomic E-state index is 0.0127. The van der Waals surface area contributed by atoms with Crippen molar-refractivity contribution in [1.82, 2.24) is 25.2 Å². The summed E-state index contributed by atoms with van der Waals surface area (Å²) in [5, 5.41) is 2.67. The van der Waals surface area contributed by atoms with Gasteiger partial charge in [0.25, 0.3) is 12.3 Å². The second kappa shape index (κ2) is 10.6. The molecule has 1 saturated carbocycles. The summed E-state index contributed by atoms with van der Waals surface area (Å²) < 4.78 is 52.6. The second-order valence-corrected chi connectivity index (χ2v) is 9.71. The minimum atomic E-state index is -2.69. The Morgan fingerprint density at radius 2 is 2.03 bits per heavy atom. The molecule has 2 aromatic heterocycles. The molecule has 2 amide bonds. The fourth-order valence-corrected chi connectivity index (χ4v) is 4.65. The highest BCUT2D eigenvalue weighted by molar-refractivity contribution is 6.09. The van der Waals surface area contributed by atoms with Gasteiger partial charge >= 0.3 is 0 Å². The number of alkyl halides is 3. The molecule has 12 heteroatoms. The third-order valence-electron chi connectivity index (χ3n) is 6.87. The maximum Gasteiger partial charge on any atom is 0.263 e. The van der Waals surface area contributed by atoms with Gasteiger partial charge in [0, 0.05) is 30.5 Å². The molecule has 1 aromatic carbocycles. The van der Waals surface area contributed by atoms with Crippen LogP contribution in [0.3, 0.4) is 0 Å². The quantitative estimate of drug-likeness (QED) is 0.437. The van der Waals surface area contributed by atoms with Crippen molar-refractivity contribution in [1.29, 1.82) is 0 Å². The Kier molecular flexibility index (Phi) is 7.24. The third-order valence-corrected chi connectivity index (χ3v) is 6.87. The fourth-order valence-electron chi connectivity index (χ4n) is 4.65. The Morgan fingerprint density at radius 1 is 1.24 bits per heavy atom. The van der Waals surface area contributed by atoms with Gasteiger partial charge in [0.1, 0.15) is 36.1 Å². The van der Waals surface area contributed by atoms with Gasteiger partial charge < -0.3 is 24.7 Å². The van der Waals surface area contributed by atoms with E-state index in [0.29, 0.717) is 40.7 Å². The smallest absolute Gasteiger partial charge is 0.263 e. The number of amides is 2. The van der Waals surface area contributed by atoms with Gasteiger partial charge in [-0.1, -0.05) is 0 Å². The number of hydrogen-bond donors (Lipinski definition) is 2. The topological polar surface area (TPSA) is 109 Å². The summed E-state index contributed by atoms with van der Waals surface area (Å²) in [6.45, 7) is 1.84. The maximum atomic E-state index is 14.7. The van der Waals surface area contributed by atoms with Gasteiger partial charge in [-0.3, -0.25) is 9.59 Å². The van der Waals surface area contributed by atoms with E-state index in [1.807, 2.05) is 0 Å². The number of ether oxygens (including phenoxy) is 2. The highest BCUT2D eigenvalue weighted by atomic mass is 19.3. The van der Waals surface area contributed by atoms with Crippen molar-refractivity contribution in [2.24, 2.45) is 5.92 Å². The summed E-state index contributed by atoms with van der Waals surface area (Å²) in [4.78, 5) is 38.4. The van der Waals surface area contributed by atoms with Gasteiger partial charge in [-0.25, -0.2) is 23.1 Å². The number of rotatable bonds is 9. The van der Waals surface area contributed by atoms with Crippen LogP contribution in [0.25, 0.3) is 22.3 Å². The molecule has 2 aliphatic rings. The number of aryl methyl sites for hydroxylation is 1. The number of halogens is 3. The molecule has 5 rings (SSSR count). The molecule has 0 bridgehead atoms. The van der Waals surface area contributed by atoms with Gasteiger partial charge in [0.2, 0.25) is 5.91 Å². The number of H-pyrrole nitrogens is 1. The van der Waals surface area contributed by atoms with E-state index in [9.17, 15) is 22.8 Å². The lowest BCUT2D eigenvalue weighted by molar-refractivity contribution is -0.134. The monoisotopic (exact) mass is 531 g/mol. The normalized spacial score (nSPS) is 19.4. The third kappa shape index (κ3) is 5.17. The van der Waals surface area contributed by atoms with Gasteiger partial charge in [0.15, 0.2) is 0 Å². The molecule has 1 aliphatic carbocycles. The number of carbonyl (C=O) groups excluding carboxylic acids is 2. The number of nitrogens with one attached hydrogen (secondary N) is 2. The SMILES string of the molecule is COCC(=O)N1C[C@@H](F)[C@@H](NC(=O)c2c(C)[nH]c3c(-c4cc(C(F)F)ccc4OCC4CC4)ncnc23)C1. The fraction of sp³-hybridized carbons (Fsp3) is 0.462. The minimum Gasteiger partial charge on any atom is -0.493 e. The van der Waals surface area contributed by atoms with Crippen molar-refractivity contribution in [2.45, 2.75) is 38.4 Å². The van der Waals surface area contributed by atoms with E-state index in [4.69, 9.17) is 9.47 Å². The van der Waals surface area contributed by atoms with Gasteiger partial charge in [-0.2, -0.15) is 0 Å². The van der Waals surface area contributed by atoms with E-state index in [1.54, 1.807) is 6.92 Å². The Morgan fingerprint density at radius 3 is 2.74 bits per heavy atom. The first-order valence-corrected chi connectivity index (χ1v) is 12.4. The lowest BCUT2D eigenvalue weighted by atomic mass is 10.0. The summed E-state index contributed by atoms with van der Waals surface area (Å²) >= 11 is 0. The van der Waals surface area contributed by atoms with Crippen LogP contribution in [-0.4, -0.2) is 77.3 Å². The Balaban J connectivity index is 1.46. The lowest BCUT2D eigenvalue weighted by Crippen LogP contribution is -2.42. The van der Waals surface area contributed by atoms with Crippen molar-refractivity contribution in [3.8, 4) is 17.0 Å². The summed E-state index contributed by atoms with van der Waals surface area (Å²) in [7, 11) is 1.38. The molecule has 202 valence electrons. The van der Waals surface area contributed by atoms with Crippen LogP contribution in [0.2, 0.25) is 0 Å². The van der Waals surface area contributed by atoms with Crippen LogP contribution in [0.1, 0.15) is 40.9 Å². The van der Waals surface area contributed by atoms with Crippen LogP contribution in [0.5, 0.6) is 5.75 Å². The average molecular weight is 532 g/mol. The molecule has 2 fully saturated rings. The van der Waals surface area contributed by atoms with Crippen LogP contribution >= 0.6 is 0 Å². The van der Waals surface area contributed by atoms with Crippen LogP contribution in [0, 0.1) is 12.8 Å². The van der Waals surface area contributed by atoms with Crippen molar-refractivity contribution in [3.05, 3.63) is 41.3 Å². The van der Waals surface area contributed by atoms with Crippen LogP contribution in [-0.2, 0) is 9.53 Å². The molecule has 0 spiro atoms. The van der Waals surface area contributed by atoms with Crippen molar-refractivity contribution in [2.75, 3.05) is 33.4 Å². The number of fused-ring (bicyclic) bond motifs is 1. The zero-order chi connectivity index (χ0) is 27.0. The molecule has 1 aliphatic heterocycles. The van der Waals surface area contributed by atoms with E-state index in [-0.39, 0.29) is 42.2 Å². The summed E-state index contributed by atoms with van der Waals surface area (Å²) in [6, 6.07) is 3.26. The van der Waals surface area contributed by atoms with Crippen LogP contribution in [0.15, 0.2) is 24.5 Å². The molecule has 9 nitrogen and oxygen atoms in total. The number of nitrogens with zero attached hydrogens (tertiary/aromatic N) is 3. The molecule has 1 saturated heterocycles. The first-order valence-electron chi connectivity index (χ1n) is 12.4. The predicted octanol–water partition coefficient (Wildman–Crippen LogP) is 3.58. The standard InChI is InChI=1S/C26H28F3N5O4/c1-13-21(26(36)33-18-9-34(8-17(18)27)20(35)11-37-2)23-24(32-13)22(30-12-31-23)16-7-15(25(28)29)5-6-19(16)38-10-14-3-4-14/h5-7,12,14,17-18,25,32H,3-4,8-11H2,1-2H3,(H,33,36)/t17-,18+/m1/s1. The molecule has 3 aromatic rings. The van der Waals surface area contributed by atoms with E-state index in [2.05, 4.69) is 20.3 Å². The van der Waals surface area contributed by atoms with Gasteiger partial charge in [0.05, 0.1) is 30.3 Å². The molecule has 2 atom stereocenters. The Hall–Kier alpha value is -3.67. The first kappa shape index (κ1) is 26.0. The number of carbonyl (C=O) groups is 2. The summed E-state index contributed by atoms with van der Waals surface area (Å²) in [5.74, 6) is -0.0785. The predicted molar refractivity (Wildman–Crippen MR) is 132 cm³/mol. The number of hydrogen-bond acceptors (Lipinski definition) is 6. The Labute approximate surface area is 216 Å². The highest BCUT2D eigenvalue weighted by Crippen LogP contribution is 2.38. The zero-order valence-corrected chi connectivity index (χ0v) is 21.0. The summed E-state index contributed by atoms with van der Waals surface area (Å²) in [6.07, 6.45) is -0.755. The second-order valence-electron chi connectivity index (χ2n) is 9.71. The van der Waals surface area contributed by atoms with Gasteiger partial charge in [-0.05, 0) is 43.9 Å². The molecular weight excluding hydrogens is 503 g/mol. The highest BCUT2D eigenvalue weighted by Gasteiger charge is 2.37. The molecule has 0 radical (unpaired) electrons. The lowest BCUT2D eigenvalue weighted by Gasteiger charge is -2.16. The van der Waals surface area contributed by atoms with Crippen molar-refractivity contribution in [3.63, 3.8) is 0 Å². The Bertz CT molecular complexity index is 1360. The number of aromatic amines is 1. The molecular formula is C26H28F3N5O4. The van der Waals surface area contributed by atoms with E-state index < -0.39 is 24.5 Å². The average Bonchev–Trinajstić information content (AvgIpc) is 3.56. The largest absolute Gasteiger partial charge is 0.493 e.